The van der Waals surface area contributed by atoms with Crippen molar-refractivity contribution in [3.63, 3.8) is 0 Å². The SMILES string of the molecule is CC(C#N)(CCSCC(O)CO)NC1CC1. The summed E-state index contributed by atoms with van der Waals surface area (Å²) < 4.78 is 0. The molecule has 1 aliphatic carbocycles. The maximum Gasteiger partial charge on any atom is 0.104 e. The van der Waals surface area contributed by atoms with Crippen molar-refractivity contribution in [3.05, 3.63) is 0 Å². The molecule has 0 aliphatic heterocycles. The molecular formula is C11H20N2O2S. The normalized spacial score (nSPS) is 21.1. The molecule has 0 bridgehead atoms. The van der Waals surface area contributed by atoms with Crippen LogP contribution in [0.4, 0.5) is 0 Å². The van der Waals surface area contributed by atoms with Crippen molar-refractivity contribution >= 4 is 11.8 Å². The van der Waals surface area contributed by atoms with Crippen LogP contribution in [0.1, 0.15) is 26.2 Å². The van der Waals surface area contributed by atoms with E-state index in [9.17, 15) is 0 Å². The van der Waals surface area contributed by atoms with Crippen LogP contribution in [0.5, 0.6) is 0 Å². The lowest BCUT2D eigenvalue weighted by Crippen LogP contribution is -2.42. The second-order valence-electron chi connectivity index (χ2n) is 4.52. The average molecular weight is 244 g/mol. The molecule has 2 unspecified atom stereocenters. The molecular weight excluding hydrogens is 224 g/mol. The van der Waals surface area contributed by atoms with E-state index >= 15 is 0 Å². The van der Waals surface area contributed by atoms with Gasteiger partial charge in [0.25, 0.3) is 0 Å². The Morgan fingerprint density at radius 2 is 2.31 bits per heavy atom. The Morgan fingerprint density at radius 1 is 1.62 bits per heavy atom. The van der Waals surface area contributed by atoms with E-state index in [1.54, 1.807) is 11.8 Å². The number of rotatable bonds is 8. The van der Waals surface area contributed by atoms with Crippen LogP contribution in [-0.4, -0.2) is 46.0 Å². The van der Waals surface area contributed by atoms with Gasteiger partial charge in [0, 0.05) is 11.8 Å². The lowest BCUT2D eigenvalue weighted by atomic mass is 10.0. The summed E-state index contributed by atoms with van der Waals surface area (Å²) in [5.41, 5.74) is -0.446. The van der Waals surface area contributed by atoms with Gasteiger partial charge in [0.05, 0.1) is 18.8 Å². The molecule has 92 valence electrons. The van der Waals surface area contributed by atoms with Crippen LogP contribution in [0, 0.1) is 11.3 Å². The first-order valence-electron chi connectivity index (χ1n) is 5.65. The summed E-state index contributed by atoms with van der Waals surface area (Å²) in [7, 11) is 0. The molecule has 4 nitrogen and oxygen atoms in total. The first-order valence-corrected chi connectivity index (χ1v) is 6.81. The zero-order valence-corrected chi connectivity index (χ0v) is 10.5. The van der Waals surface area contributed by atoms with Crippen molar-refractivity contribution < 1.29 is 10.2 Å². The van der Waals surface area contributed by atoms with Gasteiger partial charge >= 0.3 is 0 Å². The van der Waals surface area contributed by atoms with Gasteiger partial charge in [-0.2, -0.15) is 17.0 Å². The highest BCUT2D eigenvalue weighted by Crippen LogP contribution is 2.24. The minimum Gasteiger partial charge on any atom is -0.394 e. The highest BCUT2D eigenvalue weighted by Gasteiger charge is 2.31. The fraction of sp³-hybridized carbons (Fsp3) is 0.909. The predicted molar refractivity (Wildman–Crippen MR) is 65.2 cm³/mol. The van der Waals surface area contributed by atoms with Gasteiger partial charge in [0.1, 0.15) is 5.54 Å². The van der Waals surface area contributed by atoms with E-state index in [1.807, 2.05) is 6.92 Å². The smallest absolute Gasteiger partial charge is 0.104 e. The largest absolute Gasteiger partial charge is 0.394 e. The minimum absolute atomic E-state index is 0.192. The average Bonchev–Trinajstić information content (AvgIpc) is 3.08. The van der Waals surface area contributed by atoms with Crippen molar-refractivity contribution in [2.24, 2.45) is 0 Å². The molecule has 0 aromatic carbocycles. The zero-order chi connectivity index (χ0) is 12.0. The molecule has 0 amide bonds. The minimum atomic E-state index is -0.644. The van der Waals surface area contributed by atoms with E-state index in [0.29, 0.717) is 11.8 Å². The standard InChI is InChI=1S/C11H20N2O2S/c1-11(8-12,13-9-2-3-9)4-5-16-7-10(15)6-14/h9-10,13-15H,2-7H2,1H3. The summed E-state index contributed by atoms with van der Waals surface area (Å²) in [6.45, 7) is 1.73. The second-order valence-corrected chi connectivity index (χ2v) is 5.67. The Morgan fingerprint density at radius 3 is 2.81 bits per heavy atom. The summed E-state index contributed by atoms with van der Waals surface area (Å²) in [5.74, 6) is 1.35. The number of nitriles is 1. The number of nitrogens with zero attached hydrogens (tertiary/aromatic N) is 1. The van der Waals surface area contributed by atoms with Gasteiger partial charge in [-0.1, -0.05) is 0 Å². The summed E-state index contributed by atoms with van der Waals surface area (Å²) in [6.07, 6.45) is 2.47. The fourth-order valence-corrected chi connectivity index (χ4v) is 2.48. The highest BCUT2D eigenvalue weighted by molar-refractivity contribution is 7.99. The van der Waals surface area contributed by atoms with Crippen LogP contribution in [0.15, 0.2) is 0 Å². The van der Waals surface area contributed by atoms with E-state index < -0.39 is 11.6 Å². The number of aliphatic hydroxyl groups is 2. The first-order chi connectivity index (χ1) is 7.59. The van der Waals surface area contributed by atoms with Gasteiger partial charge in [0.15, 0.2) is 0 Å². The highest BCUT2D eigenvalue weighted by atomic mass is 32.2. The number of aliphatic hydroxyl groups excluding tert-OH is 2. The van der Waals surface area contributed by atoms with E-state index in [2.05, 4.69) is 11.4 Å². The first kappa shape index (κ1) is 13.8. The zero-order valence-electron chi connectivity index (χ0n) is 9.65. The van der Waals surface area contributed by atoms with Crippen molar-refractivity contribution in [2.45, 2.75) is 43.9 Å². The van der Waals surface area contributed by atoms with E-state index in [1.165, 1.54) is 12.8 Å². The van der Waals surface area contributed by atoms with Gasteiger partial charge < -0.3 is 10.2 Å². The fourth-order valence-electron chi connectivity index (χ4n) is 1.39. The van der Waals surface area contributed by atoms with Crippen LogP contribution < -0.4 is 5.32 Å². The van der Waals surface area contributed by atoms with E-state index in [-0.39, 0.29) is 6.61 Å². The molecule has 3 N–H and O–H groups in total. The number of nitrogens with one attached hydrogen (secondary N) is 1. The molecule has 1 fully saturated rings. The number of hydrogen-bond acceptors (Lipinski definition) is 5. The quantitative estimate of drug-likeness (QED) is 0.542. The van der Waals surface area contributed by atoms with Crippen molar-refractivity contribution in [1.82, 2.24) is 5.32 Å². The molecule has 5 heteroatoms. The Labute approximate surface area is 101 Å². The van der Waals surface area contributed by atoms with Crippen molar-refractivity contribution in [3.8, 4) is 6.07 Å². The molecule has 0 spiro atoms. The molecule has 16 heavy (non-hydrogen) atoms. The second kappa shape index (κ2) is 6.45. The van der Waals surface area contributed by atoms with Crippen LogP contribution >= 0.6 is 11.8 Å². The predicted octanol–water partition coefficient (Wildman–Crippen LogP) is 0.497. The van der Waals surface area contributed by atoms with Gasteiger partial charge in [0.2, 0.25) is 0 Å². The summed E-state index contributed by atoms with van der Waals surface area (Å²) >= 11 is 1.57. The summed E-state index contributed by atoms with van der Waals surface area (Å²) in [4.78, 5) is 0. The van der Waals surface area contributed by atoms with Gasteiger partial charge in [-0.15, -0.1) is 0 Å². The third-order valence-corrected chi connectivity index (χ3v) is 3.73. The molecule has 0 aromatic rings. The van der Waals surface area contributed by atoms with Crippen molar-refractivity contribution in [2.75, 3.05) is 18.1 Å². The molecule has 1 saturated carbocycles. The van der Waals surface area contributed by atoms with Crippen LogP contribution in [0.3, 0.4) is 0 Å². The number of thioether (sulfide) groups is 1. The van der Waals surface area contributed by atoms with Crippen LogP contribution in [-0.2, 0) is 0 Å². The molecule has 0 aromatic heterocycles. The van der Waals surface area contributed by atoms with Crippen LogP contribution in [0.2, 0.25) is 0 Å². The van der Waals surface area contributed by atoms with Gasteiger partial charge in [-0.25, -0.2) is 0 Å². The van der Waals surface area contributed by atoms with E-state index in [0.717, 1.165) is 12.2 Å². The third-order valence-electron chi connectivity index (χ3n) is 2.61. The Hall–Kier alpha value is -0.280. The number of hydrogen-bond donors (Lipinski definition) is 3. The summed E-state index contributed by atoms with van der Waals surface area (Å²) in [5, 5.41) is 30.2. The van der Waals surface area contributed by atoms with Gasteiger partial charge in [-0.05, 0) is 31.9 Å². The molecule has 1 rings (SSSR count). The third kappa shape index (κ3) is 5.17. The Bertz CT molecular complexity index is 253. The molecule has 1 aliphatic rings. The maximum atomic E-state index is 9.15. The Balaban J connectivity index is 2.15. The topological polar surface area (TPSA) is 76.3 Å². The van der Waals surface area contributed by atoms with Crippen molar-refractivity contribution in [1.29, 1.82) is 5.26 Å². The van der Waals surface area contributed by atoms with Crippen LogP contribution in [0.25, 0.3) is 0 Å². The summed E-state index contributed by atoms with van der Waals surface area (Å²) in [6, 6.07) is 2.84. The molecule has 0 radical (unpaired) electrons. The molecule has 2 atom stereocenters. The maximum absolute atomic E-state index is 9.15. The Kier molecular flexibility index (Phi) is 5.56. The molecule has 0 heterocycles. The monoisotopic (exact) mass is 244 g/mol. The van der Waals surface area contributed by atoms with E-state index in [4.69, 9.17) is 15.5 Å². The lowest BCUT2D eigenvalue weighted by molar-refractivity contribution is 0.113. The van der Waals surface area contributed by atoms with Gasteiger partial charge in [-0.3, -0.25) is 5.32 Å². The lowest BCUT2D eigenvalue weighted by Gasteiger charge is -2.23. The molecule has 0 saturated heterocycles.